The molecule has 3 heteroatoms. The molecule has 0 atom stereocenters. The van der Waals surface area contributed by atoms with E-state index in [1.165, 1.54) is 16.5 Å². The number of fused-ring (bicyclic) bond motifs is 1. The molecule has 2 heterocycles. The van der Waals surface area contributed by atoms with Crippen molar-refractivity contribution in [2.24, 2.45) is 0 Å². The molecule has 0 aliphatic heterocycles. The first kappa shape index (κ1) is 11.3. The number of pyridine rings is 1. The molecule has 2 aromatic heterocycles. The normalized spacial score (nSPS) is 10.9. The van der Waals surface area contributed by atoms with Gasteiger partial charge in [-0.3, -0.25) is 4.98 Å². The smallest absolute Gasteiger partial charge is 0.0481 e. The fraction of sp³-hybridized carbons (Fsp3) is 0.133. The zero-order valence-electron chi connectivity index (χ0n) is 9.88. The number of halogens is 1. The van der Waals surface area contributed by atoms with Crippen LogP contribution >= 0.6 is 11.6 Å². The molecule has 0 N–H and O–H groups in total. The Bertz CT molecular complexity index is 659. The third kappa shape index (κ3) is 2.24. The van der Waals surface area contributed by atoms with E-state index in [-0.39, 0.29) is 0 Å². The third-order valence-corrected chi connectivity index (χ3v) is 3.36. The molecule has 3 rings (SSSR count). The van der Waals surface area contributed by atoms with E-state index in [2.05, 4.69) is 40.0 Å². The van der Waals surface area contributed by atoms with Gasteiger partial charge in [-0.2, -0.15) is 0 Å². The number of benzene rings is 1. The molecule has 0 saturated heterocycles. The fourth-order valence-corrected chi connectivity index (χ4v) is 2.35. The summed E-state index contributed by atoms with van der Waals surface area (Å²) in [6.45, 7) is 0.967. The summed E-state index contributed by atoms with van der Waals surface area (Å²) in [7, 11) is 0. The number of aryl methyl sites for hydroxylation is 2. The van der Waals surface area contributed by atoms with Gasteiger partial charge >= 0.3 is 0 Å². The highest BCUT2D eigenvalue weighted by Crippen LogP contribution is 2.20. The van der Waals surface area contributed by atoms with Gasteiger partial charge in [0.25, 0.3) is 0 Å². The maximum Gasteiger partial charge on any atom is 0.0481 e. The fourth-order valence-electron chi connectivity index (χ4n) is 2.16. The Morgan fingerprint density at radius 1 is 1.06 bits per heavy atom. The summed E-state index contributed by atoms with van der Waals surface area (Å²) >= 11 is 5.98. The summed E-state index contributed by atoms with van der Waals surface area (Å²) in [6.07, 6.45) is 6.79. The van der Waals surface area contributed by atoms with Crippen molar-refractivity contribution in [2.75, 3.05) is 0 Å². The second-order valence-electron chi connectivity index (χ2n) is 4.32. The minimum atomic E-state index is 0.786. The minimum absolute atomic E-state index is 0.786. The van der Waals surface area contributed by atoms with Crippen LogP contribution in [0.4, 0.5) is 0 Å². The van der Waals surface area contributed by atoms with Crippen molar-refractivity contribution >= 4 is 22.5 Å². The summed E-state index contributed by atoms with van der Waals surface area (Å²) < 4.78 is 2.26. The van der Waals surface area contributed by atoms with E-state index < -0.39 is 0 Å². The van der Waals surface area contributed by atoms with Gasteiger partial charge in [0.05, 0.1) is 0 Å². The number of hydrogen-bond acceptors (Lipinski definition) is 1. The average Bonchev–Trinajstić information content (AvgIpc) is 2.80. The molecule has 1 aromatic carbocycles. The number of nitrogens with zero attached hydrogens (tertiary/aromatic N) is 2. The maximum absolute atomic E-state index is 5.98. The van der Waals surface area contributed by atoms with Crippen LogP contribution < -0.4 is 0 Å². The number of rotatable bonds is 3. The Morgan fingerprint density at radius 3 is 2.72 bits per heavy atom. The van der Waals surface area contributed by atoms with Gasteiger partial charge in [-0.1, -0.05) is 11.6 Å². The first-order valence-corrected chi connectivity index (χ1v) is 6.34. The molecule has 0 bridgehead atoms. The summed E-state index contributed by atoms with van der Waals surface area (Å²) in [5, 5.41) is 1.98. The predicted molar refractivity (Wildman–Crippen MR) is 74.9 cm³/mol. The van der Waals surface area contributed by atoms with Gasteiger partial charge in [-0.25, -0.2) is 0 Å². The molecule has 0 aliphatic carbocycles. The van der Waals surface area contributed by atoms with Crippen LogP contribution in [0, 0.1) is 0 Å². The Hall–Kier alpha value is -1.80. The van der Waals surface area contributed by atoms with Crippen molar-refractivity contribution in [3.05, 3.63) is 65.6 Å². The lowest BCUT2D eigenvalue weighted by molar-refractivity contribution is 0.722. The second kappa shape index (κ2) is 4.83. The highest BCUT2D eigenvalue weighted by Gasteiger charge is 2.01. The standard InChI is InChI=1S/C15H13ClN2/c16-14-1-2-15-13(11-14)6-10-18(15)9-5-12-3-7-17-8-4-12/h1-4,6-8,10-11H,5,9H2. The first-order valence-electron chi connectivity index (χ1n) is 5.96. The quantitative estimate of drug-likeness (QED) is 0.694. The lowest BCUT2D eigenvalue weighted by atomic mass is 10.2. The molecule has 0 aliphatic rings. The van der Waals surface area contributed by atoms with Gasteiger partial charge in [0.15, 0.2) is 0 Å². The molecule has 0 fully saturated rings. The lowest BCUT2D eigenvalue weighted by Gasteiger charge is -2.05. The maximum atomic E-state index is 5.98. The zero-order valence-corrected chi connectivity index (χ0v) is 10.6. The summed E-state index contributed by atoms with van der Waals surface area (Å²) in [6, 6.07) is 12.2. The van der Waals surface area contributed by atoms with Crippen LogP contribution in [0.5, 0.6) is 0 Å². The molecule has 0 spiro atoms. The molecule has 0 radical (unpaired) electrons. The van der Waals surface area contributed by atoms with Crippen molar-refractivity contribution in [3.8, 4) is 0 Å². The van der Waals surface area contributed by atoms with Crippen molar-refractivity contribution in [3.63, 3.8) is 0 Å². The van der Waals surface area contributed by atoms with Gasteiger partial charge in [0.2, 0.25) is 0 Å². The molecular formula is C15H13ClN2. The highest BCUT2D eigenvalue weighted by atomic mass is 35.5. The first-order chi connectivity index (χ1) is 8.83. The highest BCUT2D eigenvalue weighted by molar-refractivity contribution is 6.31. The summed E-state index contributed by atoms with van der Waals surface area (Å²) in [5.41, 5.74) is 2.54. The van der Waals surface area contributed by atoms with E-state index in [9.17, 15) is 0 Å². The van der Waals surface area contributed by atoms with Gasteiger partial charge in [0.1, 0.15) is 0 Å². The van der Waals surface area contributed by atoms with Crippen molar-refractivity contribution < 1.29 is 0 Å². The van der Waals surface area contributed by atoms with E-state index >= 15 is 0 Å². The van der Waals surface area contributed by atoms with E-state index in [0.29, 0.717) is 0 Å². The SMILES string of the molecule is Clc1ccc2c(ccn2CCc2ccncc2)c1. The Morgan fingerprint density at radius 2 is 1.89 bits per heavy atom. The molecule has 0 unspecified atom stereocenters. The van der Waals surface area contributed by atoms with Crippen LogP contribution in [-0.2, 0) is 13.0 Å². The van der Waals surface area contributed by atoms with Crippen molar-refractivity contribution in [1.29, 1.82) is 0 Å². The summed E-state index contributed by atoms with van der Waals surface area (Å²) in [5.74, 6) is 0. The van der Waals surface area contributed by atoms with Crippen LogP contribution in [0.3, 0.4) is 0 Å². The largest absolute Gasteiger partial charge is 0.347 e. The molecule has 0 amide bonds. The topological polar surface area (TPSA) is 17.8 Å². The van der Waals surface area contributed by atoms with Gasteiger partial charge in [-0.05, 0) is 48.4 Å². The van der Waals surface area contributed by atoms with Crippen LogP contribution in [0.1, 0.15) is 5.56 Å². The molecule has 2 nitrogen and oxygen atoms in total. The molecular weight excluding hydrogens is 244 g/mol. The zero-order chi connectivity index (χ0) is 12.4. The lowest BCUT2D eigenvalue weighted by Crippen LogP contribution is -1.99. The number of aromatic nitrogens is 2. The van der Waals surface area contributed by atoms with Crippen LogP contribution in [-0.4, -0.2) is 9.55 Å². The van der Waals surface area contributed by atoms with Gasteiger partial charge in [-0.15, -0.1) is 0 Å². The third-order valence-electron chi connectivity index (χ3n) is 3.12. The van der Waals surface area contributed by atoms with Crippen LogP contribution in [0.15, 0.2) is 55.0 Å². The van der Waals surface area contributed by atoms with Gasteiger partial charge < -0.3 is 4.57 Å². The van der Waals surface area contributed by atoms with Crippen LogP contribution in [0.2, 0.25) is 5.02 Å². The van der Waals surface area contributed by atoms with Crippen molar-refractivity contribution in [1.82, 2.24) is 9.55 Å². The van der Waals surface area contributed by atoms with Crippen molar-refractivity contribution in [2.45, 2.75) is 13.0 Å². The Labute approximate surface area is 111 Å². The predicted octanol–water partition coefficient (Wildman–Crippen LogP) is 3.93. The van der Waals surface area contributed by atoms with Gasteiger partial charge in [0, 0.05) is 41.1 Å². The molecule has 18 heavy (non-hydrogen) atoms. The Kier molecular flexibility index (Phi) is 3.03. The summed E-state index contributed by atoms with van der Waals surface area (Å²) in [4.78, 5) is 4.03. The average molecular weight is 257 g/mol. The van der Waals surface area contributed by atoms with E-state index in [1.54, 1.807) is 0 Å². The molecule has 3 aromatic rings. The van der Waals surface area contributed by atoms with Crippen LogP contribution in [0.25, 0.3) is 10.9 Å². The minimum Gasteiger partial charge on any atom is -0.347 e. The van der Waals surface area contributed by atoms with E-state index in [4.69, 9.17) is 11.6 Å². The number of hydrogen-bond donors (Lipinski definition) is 0. The second-order valence-corrected chi connectivity index (χ2v) is 4.75. The Balaban J connectivity index is 1.83. The monoisotopic (exact) mass is 256 g/mol. The molecule has 90 valence electrons. The molecule has 0 saturated carbocycles. The van der Waals surface area contributed by atoms with E-state index in [1.807, 2.05) is 24.5 Å². The van der Waals surface area contributed by atoms with E-state index in [0.717, 1.165) is 18.0 Å².